The van der Waals surface area contributed by atoms with E-state index >= 15 is 0 Å². The van der Waals surface area contributed by atoms with E-state index in [1.807, 2.05) is 25.9 Å². The maximum Gasteiger partial charge on any atom is 0.311 e. The number of allylic oxidation sites excluding steroid dienone is 1. The molecule has 0 aromatic carbocycles. The minimum absolute atomic E-state index is 0.304. The van der Waals surface area contributed by atoms with Crippen LogP contribution in [0.1, 0.15) is 6.92 Å². The summed E-state index contributed by atoms with van der Waals surface area (Å²) in [6.45, 7) is 3.73. The molecule has 0 amide bonds. The van der Waals surface area contributed by atoms with Crippen molar-refractivity contribution in [2.24, 2.45) is 0 Å². The van der Waals surface area contributed by atoms with Crippen molar-refractivity contribution < 1.29 is 14.3 Å². The minimum Gasteiger partial charge on any atom is -0.504 e. The summed E-state index contributed by atoms with van der Waals surface area (Å²) in [4.78, 5) is 0. The average Bonchev–Trinajstić information content (AvgIpc) is 2.06. The zero-order valence-electron chi connectivity index (χ0n) is 8.33. The van der Waals surface area contributed by atoms with Crippen molar-refractivity contribution in [3.8, 4) is 12.0 Å². The second kappa shape index (κ2) is 6.70. The number of aliphatic hydroxyl groups is 1. The highest BCUT2D eigenvalue weighted by Gasteiger charge is 2.26. The summed E-state index contributed by atoms with van der Waals surface area (Å²) >= 11 is 0. The van der Waals surface area contributed by atoms with Gasteiger partial charge < -0.3 is 14.3 Å². The van der Waals surface area contributed by atoms with Gasteiger partial charge in [0, 0.05) is 0 Å². The molecule has 0 aliphatic carbocycles. The van der Waals surface area contributed by atoms with Gasteiger partial charge in [0.25, 0.3) is 7.48 Å². The predicted molar refractivity (Wildman–Crippen MR) is 58.1 cm³/mol. The molecule has 0 aliphatic heterocycles. The van der Waals surface area contributed by atoms with Crippen LogP contribution in [0.3, 0.4) is 0 Å². The lowest BCUT2D eigenvalue weighted by molar-refractivity contribution is 0.263. The van der Waals surface area contributed by atoms with Gasteiger partial charge in [0.1, 0.15) is 11.6 Å². The third-order valence-electron chi connectivity index (χ3n) is 1.46. The summed E-state index contributed by atoms with van der Waals surface area (Å²) in [5, 5.41) is 8.55. The van der Waals surface area contributed by atoms with Crippen molar-refractivity contribution >= 4 is 23.0 Å². The van der Waals surface area contributed by atoms with Gasteiger partial charge in [0.2, 0.25) is 8.05 Å². The average molecular weight is 178 g/mol. The molecule has 0 saturated heterocycles. The first-order valence-electron chi connectivity index (χ1n) is 4.17. The van der Waals surface area contributed by atoms with Crippen LogP contribution in [0, 0.1) is 12.0 Å². The molecule has 0 rings (SSSR count). The lowest BCUT2D eigenvalue weighted by atomic mass is 9.73. The third-order valence-corrected chi connectivity index (χ3v) is 1.46. The van der Waals surface area contributed by atoms with Crippen LogP contribution >= 0.6 is 0 Å². The van der Waals surface area contributed by atoms with Crippen LogP contribution in [-0.2, 0) is 9.23 Å². The molecule has 0 spiro atoms. The highest BCUT2D eigenvalue weighted by molar-refractivity contribution is 6.42. The highest BCUT2D eigenvalue weighted by Crippen LogP contribution is 2.10. The minimum atomic E-state index is -0.812. The van der Waals surface area contributed by atoms with Gasteiger partial charge in [-0.2, -0.15) is 0 Å². The van der Waals surface area contributed by atoms with Gasteiger partial charge in [-0.15, -0.1) is 0 Å². The van der Waals surface area contributed by atoms with E-state index in [4.69, 9.17) is 14.3 Å². The fraction of sp³-hybridized carbons (Fsp3) is 0.429. The monoisotopic (exact) mass is 178 g/mol. The number of aliphatic hydroxyl groups excluding tert-OH is 1. The van der Waals surface area contributed by atoms with Crippen LogP contribution < -0.4 is 0 Å². The summed E-state index contributed by atoms with van der Waals surface area (Å²) < 4.78 is 10.4. The van der Waals surface area contributed by atoms with Crippen LogP contribution in [-0.4, -0.2) is 33.6 Å². The lowest BCUT2D eigenvalue weighted by Crippen LogP contribution is -2.38. The molecule has 0 aliphatic rings. The normalized spacial score (nSPS) is 14.3. The molecule has 3 nitrogen and oxygen atoms in total. The number of rotatable bonds is 5. The van der Waals surface area contributed by atoms with E-state index in [0.29, 0.717) is 15.0 Å². The van der Waals surface area contributed by atoms with Gasteiger partial charge in [0.05, 0.1) is 0 Å². The van der Waals surface area contributed by atoms with Crippen LogP contribution in [0.5, 0.6) is 0 Å². The van der Waals surface area contributed by atoms with E-state index in [1.165, 1.54) is 0 Å². The van der Waals surface area contributed by atoms with Gasteiger partial charge >= 0.3 is 7.48 Å². The Morgan fingerprint density at radius 2 is 2.31 bits per heavy atom. The summed E-state index contributed by atoms with van der Waals surface area (Å²) in [7, 11) is 2.39. The Kier molecular flexibility index (Phi) is 6.30. The molecule has 6 heteroatoms. The Bertz CT molecular complexity index is 213. The first-order valence-corrected chi connectivity index (χ1v) is 4.17. The van der Waals surface area contributed by atoms with Crippen molar-refractivity contribution in [2.45, 2.75) is 19.2 Å². The van der Waals surface area contributed by atoms with Crippen LogP contribution in [0.15, 0.2) is 12.2 Å². The molecule has 0 heterocycles. The van der Waals surface area contributed by atoms with Gasteiger partial charge in [0.15, 0.2) is 0 Å². The molecule has 1 unspecified atom stereocenters. The Hall–Kier alpha value is -0.785. The smallest absolute Gasteiger partial charge is 0.311 e. The van der Waals surface area contributed by atoms with Gasteiger partial charge in [-0.05, 0) is 12.8 Å². The molecule has 1 atom stereocenters. The number of hydrogen-bond donors (Lipinski definition) is 1. The Balaban J connectivity index is 4.64. The van der Waals surface area contributed by atoms with Crippen molar-refractivity contribution in [2.75, 3.05) is 0 Å². The first-order chi connectivity index (χ1) is 6.24. The Labute approximate surface area is 81.5 Å². The standard InChI is InChI=1S/C7H13B3O3/c1-3-4-7(5-6-11,10-13-8)12-9-2/h3-4,9-11H,8H2,1-2H3. The van der Waals surface area contributed by atoms with E-state index in [2.05, 4.69) is 5.92 Å². The van der Waals surface area contributed by atoms with Crippen molar-refractivity contribution in [3.05, 3.63) is 12.2 Å². The maximum atomic E-state index is 8.55. The van der Waals surface area contributed by atoms with E-state index in [9.17, 15) is 0 Å². The summed E-state index contributed by atoms with van der Waals surface area (Å²) in [6, 6.07) is 0. The molecule has 68 valence electrons. The zero-order chi connectivity index (χ0) is 10.2. The molecule has 0 saturated carbocycles. The molecule has 0 aromatic rings. The summed E-state index contributed by atoms with van der Waals surface area (Å²) in [5.74, 6) is 2.57. The fourth-order valence-electron chi connectivity index (χ4n) is 1.09. The quantitative estimate of drug-likeness (QED) is 0.330. The van der Waals surface area contributed by atoms with Crippen molar-refractivity contribution in [1.82, 2.24) is 0 Å². The topological polar surface area (TPSA) is 38.7 Å². The molecule has 1 N–H and O–H groups in total. The zero-order valence-corrected chi connectivity index (χ0v) is 8.33. The molecule has 0 fully saturated rings. The van der Waals surface area contributed by atoms with Gasteiger partial charge in [-0.3, -0.25) is 0 Å². The molecule has 0 aromatic heterocycles. The number of hydrogen-bond acceptors (Lipinski definition) is 3. The van der Waals surface area contributed by atoms with Crippen molar-refractivity contribution in [3.63, 3.8) is 0 Å². The molecular formula is C7H13B3O3. The van der Waals surface area contributed by atoms with Crippen LogP contribution in [0.4, 0.5) is 0 Å². The van der Waals surface area contributed by atoms with Crippen LogP contribution in [0.2, 0.25) is 6.82 Å². The van der Waals surface area contributed by atoms with Gasteiger partial charge in [-0.25, -0.2) is 0 Å². The Morgan fingerprint density at radius 1 is 1.62 bits per heavy atom. The predicted octanol–water partition coefficient (Wildman–Crippen LogP) is -1.08. The van der Waals surface area contributed by atoms with Crippen molar-refractivity contribution in [1.29, 1.82) is 0 Å². The van der Waals surface area contributed by atoms with Crippen LogP contribution in [0.25, 0.3) is 0 Å². The summed E-state index contributed by atoms with van der Waals surface area (Å²) in [6.07, 6.45) is 5.44. The van der Waals surface area contributed by atoms with E-state index in [-0.39, 0.29) is 0 Å². The van der Waals surface area contributed by atoms with E-state index < -0.39 is 5.50 Å². The van der Waals surface area contributed by atoms with E-state index in [1.54, 1.807) is 14.1 Å². The molecule has 0 radical (unpaired) electrons. The molecular weight excluding hydrogens is 165 g/mol. The Morgan fingerprint density at radius 3 is 2.69 bits per heavy atom. The first kappa shape index (κ1) is 12.2. The largest absolute Gasteiger partial charge is 0.504 e. The van der Waals surface area contributed by atoms with Gasteiger partial charge in [-0.1, -0.05) is 19.0 Å². The summed E-state index contributed by atoms with van der Waals surface area (Å²) in [5.41, 5.74) is -0.812. The third kappa shape index (κ3) is 4.11. The lowest BCUT2D eigenvalue weighted by Gasteiger charge is -2.22. The maximum absolute atomic E-state index is 8.55. The molecule has 0 bridgehead atoms. The SMILES string of the molecule is BOBC(C#CO)(C=CC)OBC. The molecule has 13 heavy (non-hydrogen) atoms. The van der Waals surface area contributed by atoms with E-state index in [0.717, 1.165) is 0 Å². The highest BCUT2D eigenvalue weighted by atomic mass is 16.5. The second-order valence-corrected chi connectivity index (χ2v) is 2.49. The fourth-order valence-corrected chi connectivity index (χ4v) is 1.09. The second-order valence-electron chi connectivity index (χ2n) is 2.49.